The number of benzene rings is 1. The highest BCUT2D eigenvalue weighted by molar-refractivity contribution is 5.73. The molecule has 2 N–H and O–H groups in total. The Hall–Kier alpha value is -2.23. The second-order valence-corrected chi connectivity index (χ2v) is 4.37. The zero-order valence-corrected chi connectivity index (χ0v) is 11.2. The number of hydrogen-bond acceptors (Lipinski definition) is 3. The lowest BCUT2D eigenvalue weighted by Crippen LogP contribution is -2.28. The zero-order valence-electron chi connectivity index (χ0n) is 11.2. The first kappa shape index (κ1) is 13.2. The summed E-state index contributed by atoms with van der Waals surface area (Å²) < 4.78 is 0. The molecule has 0 fully saturated rings. The van der Waals surface area contributed by atoms with Crippen molar-refractivity contribution in [2.75, 3.05) is 7.05 Å². The molecule has 1 aliphatic rings. The first-order valence-corrected chi connectivity index (χ1v) is 6.32. The molecule has 1 aliphatic carbocycles. The number of carbonyl (C=O) groups is 1. The van der Waals surface area contributed by atoms with E-state index in [9.17, 15) is 4.79 Å². The summed E-state index contributed by atoms with van der Waals surface area (Å²) in [7, 11) is 1.53. The summed E-state index contributed by atoms with van der Waals surface area (Å²) in [6.07, 6.45) is 3.48. The summed E-state index contributed by atoms with van der Waals surface area (Å²) in [5, 5.41) is 2.40. The van der Waals surface area contributed by atoms with Crippen LogP contribution in [0.1, 0.15) is 25.3 Å². The second kappa shape index (κ2) is 6.09. The van der Waals surface area contributed by atoms with E-state index in [4.69, 9.17) is 4.84 Å². The van der Waals surface area contributed by atoms with Crippen LogP contribution < -0.4 is 10.8 Å². The van der Waals surface area contributed by atoms with Crippen LogP contribution in [0.5, 0.6) is 0 Å². The molecular weight excluding hydrogens is 240 g/mol. The van der Waals surface area contributed by atoms with Gasteiger partial charge in [0.1, 0.15) is 0 Å². The van der Waals surface area contributed by atoms with Gasteiger partial charge in [0, 0.05) is 7.05 Å². The largest absolute Gasteiger partial charge is 0.431 e. The lowest BCUT2D eigenvalue weighted by Gasteiger charge is -2.20. The third-order valence-corrected chi connectivity index (χ3v) is 3.18. The molecule has 0 saturated heterocycles. The summed E-state index contributed by atoms with van der Waals surface area (Å²) >= 11 is 0. The maximum Gasteiger partial charge on any atom is 0.431 e. The van der Waals surface area contributed by atoms with Gasteiger partial charge in [-0.1, -0.05) is 36.4 Å². The van der Waals surface area contributed by atoms with Crippen LogP contribution in [0.3, 0.4) is 0 Å². The summed E-state index contributed by atoms with van der Waals surface area (Å²) in [5.41, 5.74) is 7.18. The molecular formula is C15H18N2O2. The highest BCUT2D eigenvalue weighted by Crippen LogP contribution is 2.31. The van der Waals surface area contributed by atoms with Gasteiger partial charge in [0.15, 0.2) is 0 Å². The molecule has 1 aromatic rings. The molecule has 4 nitrogen and oxygen atoms in total. The normalized spacial score (nSPS) is 14.7. The lowest BCUT2D eigenvalue weighted by molar-refractivity contribution is 0.108. The number of nitrogens with one attached hydrogen (secondary N) is 2. The molecule has 0 saturated carbocycles. The molecule has 0 unspecified atom stereocenters. The van der Waals surface area contributed by atoms with Gasteiger partial charge in [-0.15, -0.1) is 0 Å². The van der Waals surface area contributed by atoms with Gasteiger partial charge in [-0.05, 0) is 36.5 Å². The van der Waals surface area contributed by atoms with E-state index in [1.165, 1.54) is 18.2 Å². The summed E-state index contributed by atoms with van der Waals surface area (Å²) in [6.45, 7) is 2.04. The van der Waals surface area contributed by atoms with Crippen LogP contribution in [0.2, 0.25) is 0 Å². The van der Waals surface area contributed by atoms with Crippen LogP contribution in [0.4, 0.5) is 4.79 Å². The number of allylic oxidation sites excluding steroid dienone is 3. The van der Waals surface area contributed by atoms with Gasteiger partial charge in [0.05, 0.1) is 5.70 Å². The Labute approximate surface area is 113 Å². The van der Waals surface area contributed by atoms with E-state index in [0.717, 1.165) is 24.1 Å². The molecule has 0 atom stereocenters. The van der Waals surface area contributed by atoms with Gasteiger partial charge in [-0.2, -0.15) is 0 Å². The van der Waals surface area contributed by atoms with E-state index in [0.29, 0.717) is 0 Å². The molecule has 2 rings (SSSR count). The highest BCUT2D eigenvalue weighted by Gasteiger charge is 2.14. The Bertz CT molecular complexity index is 518. The van der Waals surface area contributed by atoms with Crippen molar-refractivity contribution in [1.29, 1.82) is 0 Å². The smallest absolute Gasteiger partial charge is 0.324 e. The van der Waals surface area contributed by atoms with Crippen molar-refractivity contribution in [1.82, 2.24) is 10.8 Å². The molecule has 1 amide bonds. The summed E-state index contributed by atoms with van der Waals surface area (Å²) in [6, 6.07) is 10.3. The highest BCUT2D eigenvalue weighted by atomic mass is 16.7. The van der Waals surface area contributed by atoms with Crippen molar-refractivity contribution in [2.45, 2.75) is 19.8 Å². The standard InChI is InChI=1S/C15H18N2O2/c1-11-13(12-7-4-3-5-8-12)9-6-10-14(11)17-19-15(18)16-2/h3-5,7-8,10,17H,6,9H2,1-2H3,(H,16,18). The average Bonchev–Trinajstić information content (AvgIpc) is 2.46. The topological polar surface area (TPSA) is 50.4 Å². The Morgan fingerprint density at radius 1 is 1.26 bits per heavy atom. The Morgan fingerprint density at radius 3 is 2.68 bits per heavy atom. The fraction of sp³-hybridized carbons (Fsp3) is 0.267. The fourth-order valence-corrected chi connectivity index (χ4v) is 2.13. The van der Waals surface area contributed by atoms with Gasteiger partial charge in [0.25, 0.3) is 0 Å². The van der Waals surface area contributed by atoms with Crippen molar-refractivity contribution < 1.29 is 9.63 Å². The van der Waals surface area contributed by atoms with Crippen molar-refractivity contribution in [3.63, 3.8) is 0 Å². The molecule has 100 valence electrons. The van der Waals surface area contributed by atoms with Gasteiger partial charge < -0.3 is 10.2 Å². The summed E-state index contributed by atoms with van der Waals surface area (Å²) in [5.74, 6) is 0. The number of hydroxylamine groups is 1. The van der Waals surface area contributed by atoms with Crippen LogP contribution in [0, 0.1) is 0 Å². The maximum atomic E-state index is 11.1. The molecule has 4 heteroatoms. The van der Waals surface area contributed by atoms with Crippen molar-refractivity contribution in [3.05, 3.63) is 53.2 Å². The third-order valence-electron chi connectivity index (χ3n) is 3.18. The fourth-order valence-electron chi connectivity index (χ4n) is 2.13. The first-order valence-electron chi connectivity index (χ1n) is 6.32. The minimum absolute atomic E-state index is 0.500. The van der Waals surface area contributed by atoms with E-state index in [1.54, 1.807) is 0 Å². The summed E-state index contributed by atoms with van der Waals surface area (Å²) in [4.78, 5) is 16.0. The number of hydrogen-bond donors (Lipinski definition) is 2. The van der Waals surface area contributed by atoms with Gasteiger partial charge in [-0.25, -0.2) is 10.3 Å². The molecule has 0 spiro atoms. The van der Waals surface area contributed by atoms with Crippen LogP contribution >= 0.6 is 0 Å². The van der Waals surface area contributed by atoms with Crippen molar-refractivity contribution in [3.8, 4) is 0 Å². The Morgan fingerprint density at radius 2 is 2.00 bits per heavy atom. The zero-order chi connectivity index (χ0) is 13.7. The molecule has 1 aromatic carbocycles. The number of amides is 1. The van der Waals surface area contributed by atoms with Crippen LogP contribution in [0.15, 0.2) is 47.7 Å². The minimum atomic E-state index is -0.500. The Balaban J connectivity index is 2.16. The maximum absolute atomic E-state index is 11.1. The molecule has 19 heavy (non-hydrogen) atoms. The Kier molecular flexibility index (Phi) is 4.23. The van der Waals surface area contributed by atoms with Gasteiger partial charge in [-0.3, -0.25) is 0 Å². The average molecular weight is 258 g/mol. The van der Waals surface area contributed by atoms with E-state index >= 15 is 0 Å². The molecule has 0 heterocycles. The monoisotopic (exact) mass is 258 g/mol. The lowest BCUT2D eigenvalue weighted by atomic mass is 9.91. The first-order chi connectivity index (χ1) is 9.22. The van der Waals surface area contributed by atoms with E-state index in [-0.39, 0.29) is 0 Å². The SMILES string of the molecule is CNC(=O)ONC1=CCCC(c2ccccc2)=C1C. The molecule has 0 aliphatic heterocycles. The second-order valence-electron chi connectivity index (χ2n) is 4.37. The molecule has 0 bridgehead atoms. The molecule has 0 aromatic heterocycles. The van der Waals surface area contributed by atoms with Gasteiger partial charge in [0.2, 0.25) is 0 Å². The van der Waals surface area contributed by atoms with Crippen LogP contribution in [0.25, 0.3) is 5.57 Å². The van der Waals surface area contributed by atoms with Crippen LogP contribution in [-0.4, -0.2) is 13.1 Å². The number of rotatable bonds is 3. The third kappa shape index (κ3) is 3.16. The van der Waals surface area contributed by atoms with E-state index < -0.39 is 6.09 Å². The van der Waals surface area contributed by atoms with E-state index in [1.807, 2.05) is 31.2 Å². The van der Waals surface area contributed by atoms with Crippen LogP contribution in [-0.2, 0) is 4.84 Å². The van der Waals surface area contributed by atoms with Crippen molar-refractivity contribution in [2.24, 2.45) is 0 Å². The quantitative estimate of drug-likeness (QED) is 0.819. The number of carbonyl (C=O) groups excluding carboxylic acids is 1. The minimum Gasteiger partial charge on any atom is -0.324 e. The van der Waals surface area contributed by atoms with Crippen molar-refractivity contribution >= 4 is 11.7 Å². The predicted molar refractivity (Wildman–Crippen MR) is 75.0 cm³/mol. The van der Waals surface area contributed by atoms with E-state index in [2.05, 4.69) is 22.9 Å². The van der Waals surface area contributed by atoms with Gasteiger partial charge >= 0.3 is 6.09 Å². The molecule has 0 radical (unpaired) electrons. The predicted octanol–water partition coefficient (Wildman–Crippen LogP) is 3.00.